The topological polar surface area (TPSA) is 58.4 Å². The van der Waals surface area contributed by atoms with E-state index in [2.05, 4.69) is 21.4 Å². The van der Waals surface area contributed by atoms with Crippen molar-refractivity contribution in [2.24, 2.45) is 0 Å². The zero-order chi connectivity index (χ0) is 15.7. The number of anilines is 1. The number of hydrogen-bond donors (Lipinski definition) is 0. The molecule has 0 bridgehead atoms. The maximum Gasteiger partial charge on any atom is 0.161 e. The van der Waals surface area contributed by atoms with E-state index >= 15 is 0 Å². The van der Waals surface area contributed by atoms with E-state index in [0.717, 1.165) is 41.7 Å². The number of aromatic nitrogens is 1. The van der Waals surface area contributed by atoms with Crippen molar-refractivity contribution >= 4 is 16.5 Å². The third-order valence-corrected chi connectivity index (χ3v) is 4.96. The number of ether oxygens (including phenoxy) is 2. The van der Waals surface area contributed by atoms with Crippen LogP contribution in [0.3, 0.4) is 0 Å². The fourth-order valence-corrected chi connectivity index (χ4v) is 3.63. The van der Waals surface area contributed by atoms with Crippen molar-refractivity contribution in [3.63, 3.8) is 0 Å². The molecule has 1 aromatic carbocycles. The Balaban J connectivity index is 1.95. The van der Waals surface area contributed by atoms with Crippen LogP contribution in [0.4, 0.5) is 5.00 Å². The van der Waals surface area contributed by atoms with Crippen LogP contribution in [0.2, 0.25) is 0 Å². The van der Waals surface area contributed by atoms with Gasteiger partial charge in [0.05, 0.1) is 19.9 Å². The first-order chi connectivity index (χ1) is 10.7. The second kappa shape index (κ2) is 5.85. The summed E-state index contributed by atoms with van der Waals surface area (Å²) >= 11 is 1.40. The van der Waals surface area contributed by atoms with Crippen molar-refractivity contribution in [3.05, 3.63) is 34.5 Å². The molecule has 3 rings (SSSR count). The molecule has 114 valence electrons. The molecule has 22 heavy (non-hydrogen) atoms. The molecule has 2 heterocycles. The second-order valence-electron chi connectivity index (χ2n) is 5.21. The van der Waals surface area contributed by atoms with Gasteiger partial charge in [0.15, 0.2) is 11.5 Å². The second-order valence-corrected chi connectivity index (χ2v) is 5.96. The highest BCUT2D eigenvalue weighted by molar-refractivity contribution is 7.10. The molecule has 0 saturated carbocycles. The SMILES string of the molecule is COc1cc2c(cc1OC)CN(c1snc(C)c1C#N)CC2. The smallest absolute Gasteiger partial charge is 0.161 e. The molecule has 0 amide bonds. The monoisotopic (exact) mass is 315 g/mol. The number of benzene rings is 1. The molecule has 1 aliphatic heterocycles. The predicted molar refractivity (Wildman–Crippen MR) is 85.9 cm³/mol. The highest BCUT2D eigenvalue weighted by atomic mass is 32.1. The van der Waals surface area contributed by atoms with Crippen molar-refractivity contribution in [2.75, 3.05) is 25.7 Å². The van der Waals surface area contributed by atoms with Gasteiger partial charge in [-0.1, -0.05) is 0 Å². The normalized spacial score (nSPS) is 13.5. The zero-order valence-electron chi connectivity index (χ0n) is 12.8. The van der Waals surface area contributed by atoms with Gasteiger partial charge in [-0.05, 0) is 48.1 Å². The Labute approximate surface area is 133 Å². The van der Waals surface area contributed by atoms with Crippen LogP contribution in [-0.2, 0) is 13.0 Å². The van der Waals surface area contributed by atoms with E-state index in [1.54, 1.807) is 14.2 Å². The maximum atomic E-state index is 9.32. The van der Waals surface area contributed by atoms with Crippen LogP contribution in [0.1, 0.15) is 22.4 Å². The molecule has 0 N–H and O–H groups in total. The minimum atomic E-state index is 0.689. The van der Waals surface area contributed by atoms with Gasteiger partial charge < -0.3 is 14.4 Å². The van der Waals surface area contributed by atoms with E-state index in [9.17, 15) is 5.26 Å². The van der Waals surface area contributed by atoms with Gasteiger partial charge in [0.25, 0.3) is 0 Å². The lowest BCUT2D eigenvalue weighted by molar-refractivity contribution is 0.353. The van der Waals surface area contributed by atoms with Crippen LogP contribution < -0.4 is 14.4 Å². The quantitative estimate of drug-likeness (QED) is 0.871. The average Bonchev–Trinajstić information content (AvgIpc) is 2.93. The molecule has 0 aliphatic carbocycles. The predicted octanol–water partition coefficient (Wildman–Crippen LogP) is 2.90. The van der Waals surface area contributed by atoms with Gasteiger partial charge in [-0.15, -0.1) is 0 Å². The number of rotatable bonds is 3. The third kappa shape index (κ3) is 2.38. The molecule has 0 fully saturated rings. The Morgan fingerprint density at radius 3 is 2.55 bits per heavy atom. The molecule has 0 unspecified atom stereocenters. The van der Waals surface area contributed by atoms with E-state index in [1.807, 2.05) is 13.0 Å². The number of nitrogens with zero attached hydrogens (tertiary/aromatic N) is 3. The summed E-state index contributed by atoms with van der Waals surface area (Å²) in [4.78, 5) is 2.22. The van der Waals surface area contributed by atoms with Crippen molar-refractivity contribution in [1.29, 1.82) is 5.26 Å². The van der Waals surface area contributed by atoms with Gasteiger partial charge in [-0.3, -0.25) is 0 Å². The van der Waals surface area contributed by atoms with Gasteiger partial charge in [0.2, 0.25) is 0 Å². The summed E-state index contributed by atoms with van der Waals surface area (Å²) in [7, 11) is 3.30. The van der Waals surface area contributed by atoms with E-state index in [0.29, 0.717) is 5.56 Å². The molecule has 0 radical (unpaired) electrons. The van der Waals surface area contributed by atoms with Crippen LogP contribution in [0, 0.1) is 18.3 Å². The van der Waals surface area contributed by atoms with Crippen LogP contribution >= 0.6 is 11.5 Å². The number of hydrogen-bond acceptors (Lipinski definition) is 6. The first kappa shape index (κ1) is 14.7. The maximum absolute atomic E-state index is 9.32. The summed E-state index contributed by atoms with van der Waals surface area (Å²) in [5.74, 6) is 1.50. The van der Waals surface area contributed by atoms with Crippen molar-refractivity contribution in [1.82, 2.24) is 4.37 Å². The van der Waals surface area contributed by atoms with Crippen LogP contribution in [-0.4, -0.2) is 25.1 Å². The third-order valence-electron chi connectivity index (χ3n) is 3.96. The van der Waals surface area contributed by atoms with Gasteiger partial charge in [-0.2, -0.15) is 9.64 Å². The lowest BCUT2D eigenvalue weighted by Crippen LogP contribution is -2.30. The van der Waals surface area contributed by atoms with Crippen molar-refractivity contribution < 1.29 is 9.47 Å². The minimum Gasteiger partial charge on any atom is -0.493 e. The van der Waals surface area contributed by atoms with Crippen molar-refractivity contribution in [2.45, 2.75) is 19.9 Å². The first-order valence-corrected chi connectivity index (χ1v) is 7.80. The standard InChI is InChI=1S/C16H17N3O2S/c1-10-13(8-17)16(22-18-10)19-5-4-11-6-14(20-2)15(21-3)7-12(11)9-19/h6-7H,4-5,9H2,1-3H3. The van der Waals surface area contributed by atoms with E-state index in [-0.39, 0.29) is 0 Å². The molecule has 0 atom stereocenters. The molecule has 5 nitrogen and oxygen atoms in total. The number of methoxy groups -OCH3 is 2. The van der Waals surface area contributed by atoms with Crippen LogP contribution in [0.5, 0.6) is 11.5 Å². The molecule has 1 aliphatic rings. The molecular formula is C16H17N3O2S. The Hall–Kier alpha value is -2.26. The molecule has 0 saturated heterocycles. The summed E-state index contributed by atoms with van der Waals surface area (Å²) in [5, 5.41) is 10.3. The van der Waals surface area contributed by atoms with Gasteiger partial charge in [-0.25, -0.2) is 0 Å². The summed E-state index contributed by atoms with van der Waals surface area (Å²) in [6.45, 7) is 3.51. The zero-order valence-corrected chi connectivity index (χ0v) is 13.7. The molecule has 1 aromatic heterocycles. The Morgan fingerprint density at radius 1 is 1.23 bits per heavy atom. The largest absolute Gasteiger partial charge is 0.493 e. The average molecular weight is 315 g/mol. The molecular weight excluding hydrogens is 298 g/mol. The summed E-state index contributed by atoms with van der Waals surface area (Å²) < 4.78 is 15.1. The molecule has 2 aromatic rings. The van der Waals surface area contributed by atoms with E-state index in [4.69, 9.17) is 9.47 Å². The molecule has 0 spiro atoms. The van der Waals surface area contributed by atoms with Gasteiger partial charge in [0.1, 0.15) is 16.6 Å². The number of aryl methyl sites for hydroxylation is 1. The fraction of sp³-hybridized carbons (Fsp3) is 0.375. The summed E-state index contributed by atoms with van der Waals surface area (Å²) in [6.07, 6.45) is 0.914. The van der Waals surface area contributed by atoms with E-state index in [1.165, 1.54) is 22.7 Å². The van der Waals surface area contributed by atoms with Gasteiger partial charge >= 0.3 is 0 Å². The van der Waals surface area contributed by atoms with Crippen molar-refractivity contribution in [3.8, 4) is 17.6 Å². The van der Waals surface area contributed by atoms with Gasteiger partial charge in [0, 0.05) is 13.1 Å². The number of nitriles is 1. The fourth-order valence-electron chi connectivity index (χ4n) is 2.76. The summed E-state index contributed by atoms with van der Waals surface area (Å²) in [6, 6.07) is 6.35. The van der Waals surface area contributed by atoms with Crippen LogP contribution in [0.15, 0.2) is 12.1 Å². The Kier molecular flexibility index (Phi) is 3.90. The highest BCUT2D eigenvalue weighted by Crippen LogP contribution is 2.36. The van der Waals surface area contributed by atoms with Crippen LogP contribution in [0.25, 0.3) is 0 Å². The lowest BCUT2D eigenvalue weighted by atomic mass is 9.98. The van der Waals surface area contributed by atoms with E-state index < -0.39 is 0 Å². The Bertz CT molecular complexity index is 749. The molecule has 6 heteroatoms. The Morgan fingerprint density at radius 2 is 1.91 bits per heavy atom. The first-order valence-electron chi connectivity index (χ1n) is 7.03. The number of fused-ring (bicyclic) bond motifs is 1. The highest BCUT2D eigenvalue weighted by Gasteiger charge is 2.23. The lowest BCUT2D eigenvalue weighted by Gasteiger charge is -2.30. The minimum absolute atomic E-state index is 0.689. The summed E-state index contributed by atoms with van der Waals surface area (Å²) in [5.41, 5.74) is 3.97.